The van der Waals surface area contributed by atoms with Crippen LogP contribution in [0.5, 0.6) is 0 Å². The number of nitrogens with one attached hydrogen (secondary N) is 2. The molecule has 2 unspecified atom stereocenters. The summed E-state index contributed by atoms with van der Waals surface area (Å²) >= 11 is 0. The van der Waals surface area contributed by atoms with Gasteiger partial charge in [0.05, 0.1) is 24.1 Å². The summed E-state index contributed by atoms with van der Waals surface area (Å²) in [4.78, 5) is 52.6. The summed E-state index contributed by atoms with van der Waals surface area (Å²) in [6, 6.07) is 16.1. The van der Waals surface area contributed by atoms with E-state index in [1.807, 2.05) is 49.4 Å². The molecule has 0 aromatic heterocycles. The molecule has 4 rings (SSSR count). The van der Waals surface area contributed by atoms with Crippen LogP contribution < -0.4 is 15.8 Å². The van der Waals surface area contributed by atoms with Gasteiger partial charge in [0.15, 0.2) is 0 Å². The summed E-state index contributed by atoms with van der Waals surface area (Å²) in [6.45, 7) is 2.74. The number of fused-ring (bicyclic) bond motifs is 1. The van der Waals surface area contributed by atoms with Gasteiger partial charge in [0.2, 0.25) is 17.7 Å². The molecular formula is C26H28N4O4. The van der Waals surface area contributed by atoms with Gasteiger partial charge in [-0.05, 0) is 43.5 Å². The van der Waals surface area contributed by atoms with Crippen LogP contribution in [0.1, 0.15) is 35.7 Å². The summed E-state index contributed by atoms with van der Waals surface area (Å²) in [7, 11) is 0. The van der Waals surface area contributed by atoms with Crippen LogP contribution in [0.4, 0.5) is 5.69 Å². The van der Waals surface area contributed by atoms with E-state index in [9.17, 15) is 19.2 Å². The number of carbonyl (C=O) groups is 4. The molecule has 1 heterocycles. The van der Waals surface area contributed by atoms with Crippen LogP contribution in [0.3, 0.4) is 0 Å². The van der Waals surface area contributed by atoms with Crippen LogP contribution in [-0.2, 0) is 20.9 Å². The molecule has 2 atom stereocenters. The SMILES string of the molecule is CCN(Cc1ccccc1)C(=O)CNC(=O)c1cccc(N2NC(=O)C3CC=CCC3C2=O)c1. The van der Waals surface area contributed by atoms with Crippen molar-refractivity contribution in [1.82, 2.24) is 15.6 Å². The number of nitrogens with zero attached hydrogens (tertiary/aromatic N) is 2. The average Bonchev–Trinajstić information content (AvgIpc) is 2.88. The van der Waals surface area contributed by atoms with Crippen LogP contribution in [0.25, 0.3) is 0 Å². The number of hydrazine groups is 1. The van der Waals surface area contributed by atoms with Crippen molar-refractivity contribution in [3.63, 3.8) is 0 Å². The second-order valence-electron chi connectivity index (χ2n) is 8.43. The van der Waals surface area contributed by atoms with Crippen molar-refractivity contribution >= 4 is 29.3 Å². The number of amides is 4. The van der Waals surface area contributed by atoms with Crippen LogP contribution in [-0.4, -0.2) is 41.6 Å². The van der Waals surface area contributed by atoms with Crippen LogP contribution in [0.15, 0.2) is 66.7 Å². The molecule has 8 heteroatoms. The molecule has 8 nitrogen and oxygen atoms in total. The van der Waals surface area contributed by atoms with Gasteiger partial charge in [-0.15, -0.1) is 0 Å². The molecule has 1 fully saturated rings. The molecule has 0 radical (unpaired) electrons. The highest BCUT2D eigenvalue weighted by atomic mass is 16.2. The standard InChI is InChI=1S/C26H28N4O4/c1-2-29(17-18-9-4-3-5-10-18)23(31)16-27-24(32)19-11-8-12-20(15-19)30-26(34)22-14-7-6-13-21(22)25(33)28-30/h3-12,15,21-22H,2,13-14,16-17H2,1H3,(H,27,32)(H,28,33). The Hall–Kier alpha value is -3.94. The van der Waals surface area contributed by atoms with Crippen molar-refractivity contribution in [1.29, 1.82) is 0 Å². The molecule has 0 bridgehead atoms. The third-order valence-corrected chi connectivity index (χ3v) is 6.25. The van der Waals surface area contributed by atoms with E-state index in [-0.39, 0.29) is 30.2 Å². The Labute approximate surface area is 198 Å². The maximum absolute atomic E-state index is 13.0. The molecule has 0 saturated carbocycles. The first-order valence-electron chi connectivity index (χ1n) is 11.5. The first kappa shape index (κ1) is 23.2. The summed E-state index contributed by atoms with van der Waals surface area (Å²) in [5.74, 6) is -1.78. The number of carbonyl (C=O) groups excluding carboxylic acids is 4. The molecule has 2 N–H and O–H groups in total. The van der Waals surface area contributed by atoms with Gasteiger partial charge < -0.3 is 10.2 Å². The van der Waals surface area contributed by atoms with Gasteiger partial charge in [0, 0.05) is 18.7 Å². The fourth-order valence-corrected chi connectivity index (χ4v) is 4.32. The van der Waals surface area contributed by atoms with Gasteiger partial charge in [-0.1, -0.05) is 48.6 Å². The van der Waals surface area contributed by atoms with Gasteiger partial charge in [-0.2, -0.15) is 0 Å². The minimum atomic E-state index is -0.430. The molecule has 0 spiro atoms. The van der Waals surface area contributed by atoms with Gasteiger partial charge in [0.25, 0.3) is 5.91 Å². The average molecular weight is 461 g/mol. The van der Waals surface area contributed by atoms with E-state index in [4.69, 9.17) is 0 Å². The van der Waals surface area contributed by atoms with Crippen molar-refractivity contribution in [3.05, 3.63) is 77.9 Å². The Bertz CT molecular complexity index is 1110. The second-order valence-corrected chi connectivity index (χ2v) is 8.43. The number of allylic oxidation sites excluding steroid dienone is 2. The van der Waals surface area contributed by atoms with Crippen LogP contribution >= 0.6 is 0 Å². The predicted octanol–water partition coefficient (Wildman–Crippen LogP) is 2.43. The lowest BCUT2D eigenvalue weighted by atomic mass is 9.80. The third kappa shape index (κ3) is 5.01. The smallest absolute Gasteiger partial charge is 0.251 e. The zero-order valence-corrected chi connectivity index (χ0v) is 19.1. The lowest BCUT2D eigenvalue weighted by Gasteiger charge is -2.38. The van der Waals surface area contributed by atoms with E-state index in [1.165, 1.54) is 5.01 Å². The highest BCUT2D eigenvalue weighted by molar-refractivity contribution is 6.05. The lowest BCUT2D eigenvalue weighted by molar-refractivity contribution is -0.140. The first-order chi connectivity index (χ1) is 16.5. The minimum Gasteiger partial charge on any atom is -0.343 e. The van der Waals surface area contributed by atoms with Crippen molar-refractivity contribution < 1.29 is 19.2 Å². The lowest BCUT2D eigenvalue weighted by Crippen LogP contribution is -2.59. The summed E-state index contributed by atoms with van der Waals surface area (Å²) in [6.07, 6.45) is 4.92. The van der Waals surface area contributed by atoms with E-state index in [0.717, 1.165) is 5.56 Å². The monoisotopic (exact) mass is 460 g/mol. The highest BCUT2D eigenvalue weighted by Gasteiger charge is 2.42. The van der Waals surface area contributed by atoms with Gasteiger partial charge in [0.1, 0.15) is 0 Å². The normalized spacial score (nSPS) is 19.3. The van der Waals surface area contributed by atoms with Gasteiger partial charge in [-0.25, -0.2) is 5.01 Å². The number of anilines is 1. The van der Waals surface area contributed by atoms with Gasteiger partial charge in [-0.3, -0.25) is 24.6 Å². The maximum atomic E-state index is 13.0. The molecule has 2 aliphatic rings. The molecule has 4 amide bonds. The Morgan fingerprint density at radius 3 is 2.50 bits per heavy atom. The van der Waals surface area contributed by atoms with E-state index in [1.54, 1.807) is 29.2 Å². The third-order valence-electron chi connectivity index (χ3n) is 6.25. The largest absolute Gasteiger partial charge is 0.343 e. The molecule has 1 saturated heterocycles. The second kappa shape index (κ2) is 10.3. The molecule has 34 heavy (non-hydrogen) atoms. The number of likely N-dealkylation sites (N-methyl/N-ethyl adjacent to an activating group) is 1. The quantitative estimate of drug-likeness (QED) is 0.620. The van der Waals surface area contributed by atoms with Crippen molar-refractivity contribution in [2.24, 2.45) is 11.8 Å². The Balaban J connectivity index is 1.40. The van der Waals surface area contributed by atoms with E-state index >= 15 is 0 Å². The predicted molar refractivity (Wildman–Crippen MR) is 127 cm³/mol. The molecule has 1 aliphatic heterocycles. The first-order valence-corrected chi connectivity index (χ1v) is 11.5. The van der Waals surface area contributed by atoms with E-state index in [2.05, 4.69) is 10.7 Å². The molecule has 2 aromatic rings. The summed E-state index contributed by atoms with van der Waals surface area (Å²) < 4.78 is 0. The zero-order chi connectivity index (χ0) is 24.1. The molecule has 2 aromatic carbocycles. The number of hydrogen-bond acceptors (Lipinski definition) is 4. The maximum Gasteiger partial charge on any atom is 0.251 e. The Kier molecular flexibility index (Phi) is 7.06. The van der Waals surface area contributed by atoms with Crippen molar-refractivity contribution in [2.45, 2.75) is 26.3 Å². The number of hydrogen-bond donors (Lipinski definition) is 2. The van der Waals surface area contributed by atoms with Crippen molar-refractivity contribution in [3.8, 4) is 0 Å². The zero-order valence-electron chi connectivity index (χ0n) is 19.1. The fourth-order valence-electron chi connectivity index (χ4n) is 4.32. The summed E-state index contributed by atoms with van der Waals surface area (Å²) in [5, 5.41) is 3.89. The van der Waals surface area contributed by atoms with Crippen molar-refractivity contribution in [2.75, 3.05) is 18.1 Å². The number of rotatable bonds is 7. The van der Waals surface area contributed by atoms with E-state index < -0.39 is 11.8 Å². The van der Waals surface area contributed by atoms with E-state index in [0.29, 0.717) is 37.2 Å². The Morgan fingerprint density at radius 2 is 1.76 bits per heavy atom. The minimum absolute atomic E-state index is 0.140. The van der Waals surface area contributed by atoms with Gasteiger partial charge >= 0.3 is 0 Å². The fraction of sp³-hybridized carbons (Fsp3) is 0.308. The molecular weight excluding hydrogens is 432 g/mol. The van der Waals surface area contributed by atoms with Crippen LogP contribution in [0, 0.1) is 11.8 Å². The number of benzene rings is 2. The molecule has 1 aliphatic carbocycles. The Morgan fingerprint density at radius 1 is 1.03 bits per heavy atom. The van der Waals surface area contributed by atoms with Crippen LogP contribution in [0.2, 0.25) is 0 Å². The topological polar surface area (TPSA) is 98.8 Å². The highest BCUT2D eigenvalue weighted by Crippen LogP contribution is 2.32. The summed E-state index contributed by atoms with van der Waals surface area (Å²) in [5.41, 5.74) is 4.38. The molecule has 176 valence electrons.